The summed E-state index contributed by atoms with van der Waals surface area (Å²) in [6, 6.07) is 9.13. The van der Waals surface area contributed by atoms with Gasteiger partial charge in [0.05, 0.1) is 4.92 Å². The first-order valence-electron chi connectivity index (χ1n) is 5.89. The van der Waals surface area contributed by atoms with Gasteiger partial charge in [-0.3, -0.25) is 10.1 Å². The van der Waals surface area contributed by atoms with Crippen molar-refractivity contribution in [2.45, 2.75) is 17.6 Å². The number of benzene rings is 2. The highest BCUT2D eigenvalue weighted by Crippen LogP contribution is 2.31. The third kappa shape index (κ3) is 3.08. The Hall–Kier alpha value is -2.08. The van der Waals surface area contributed by atoms with Gasteiger partial charge in [0.25, 0.3) is 5.69 Å². The number of hydrogen-bond acceptors (Lipinski definition) is 4. The molecule has 2 N–H and O–H groups in total. The first-order valence-corrected chi connectivity index (χ1v) is 6.88. The monoisotopic (exact) mass is 292 g/mol. The summed E-state index contributed by atoms with van der Waals surface area (Å²) in [6.07, 6.45) is 0. The molecule has 2 rings (SSSR count). The molecule has 4 nitrogen and oxygen atoms in total. The van der Waals surface area contributed by atoms with Gasteiger partial charge in [-0.25, -0.2) is 4.39 Å². The molecule has 0 atom stereocenters. The van der Waals surface area contributed by atoms with Crippen LogP contribution in [0.15, 0.2) is 41.3 Å². The number of nitrogens with two attached hydrogens (primary N) is 1. The molecule has 2 aromatic rings. The molecule has 2 aromatic carbocycles. The minimum Gasteiger partial charge on any atom is -0.398 e. The van der Waals surface area contributed by atoms with E-state index >= 15 is 0 Å². The lowest BCUT2D eigenvalue weighted by Crippen LogP contribution is -1.96. The Bertz CT molecular complexity index is 662. The predicted molar refractivity (Wildman–Crippen MR) is 78.2 cm³/mol. The summed E-state index contributed by atoms with van der Waals surface area (Å²) < 4.78 is 13.2. The van der Waals surface area contributed by atoms with Crippen molar-refractivity contribution in [2.75, 3.05) is 5.73 Å². The van der Waals surface area contributed by atoms with Crippen molar-refractivity contribution in [1.29, 1.82) is 0 Å². The number of hydrogen-bond donors (Lipinski definition) is 1. The Morgan fingerprint density at radius 3 is 2.80 bits per heavy atom. The molecule has 0 aromatic heterocycles. The second kappa shape index (κ2) is 5.92. The van der Waals surface area contributed by atoms with Crippen LogP contribution in [0.4, 0.5) is 15.8 Å². The minimum atomic E-state index is -0.403. The fraction of sp³-hybridized carbons (Fsp3) is 0.143. The summed E-state index contributed by atoms with van der Waals surface area (Å²) in [5, 5.41) is 10.9. The van der Waals surface area contributed by atoms with E-state index in [2.05, 4.69) is 0 Å². The third-order valence-corrected chi connectivity index (χ3v) is 4.09. The highest BCUT2D eigenvalue weighted by molar-refractivity contribution is 7.98. The zero-order chi connectivity index (χ0) is 14.7. The van der Waals surface area contributed by atoms with Crippen LogP contribution in [-0.4, -0.2) is 4.92 Å². The SMILES string of the molecule is Cc1c(CSc2cc(F)ccc2N)cccc1[N+](=O)[O-]. The van der Waals surface area contributed by atoms with E-state index < -0.39 is 4.92 Å². The van der Waals surface area contributed by atoms with Gasteiger partial charge in [-0.2, -0.15) is 0 Å². The molecule has 0 fully saturated rings. The van der Waals surface area contributed by atoms with E-state index in [-0.39, 0.29) is 11.5 Å². The van der Waals surface area contributed by atoms with E-state index in [1.807, 2.05) is 6.07 Å². The number of thioether (sulfide) groups is 1. The lowest BCUT2D eigenvalue weighted by atomic mass is 10.1. The van der Waals surface area contributed by atoms with E-state index in [0.29, 0.717) is 21.9 Å². The molecule has 0 saturated carbocycles. The molecule has 0 radical (unpaired) electrons. The maximum absolute atomic E-state index is 13.2. The first kappa shape index (κ1) is 14.3. The number of rotatable bonds is 4. The molecule has 0 amide bonds. The van der Waals surface area contributed by atoms with Crippen molar-refractivity contribution in [1.82, 2.24) is 0 Å². The van der Waals surface area contributed by atoms with Crippen LogP contribution in [0.1, 0.15) is 11.1 Å². The smallest absolute Gasteiger partial charge is 0.272 e. The van der Waals surface area contributed by atoms with E-state index in [0.717, 1.165) is 5.56 Å². The molecule has 0 heterocycles. The molecular weight excluding hydrogens is 279 g/mol. The topological polar surface area (TPSA) is 69.2 Å². The number of nitrogens with zero attached hydrogens (tertiary/aromatic N) is 1. The Labute approximate surface area is 119 Å². The fourth-order valence-corrected chi connectivity index (χ4v) is 2.87. The summed E-state index contributed by atoms with van der Waals surface area (Å²) in [5.41, 5.74) is 7.83. The van der Waals surface area contributed by atoms with E-state index in [4.69, 9.17) is 5.73 Å². The average molecular weight is 292 g/mol. The lowest BCUT2D eigenvalue weighted by molar-refractivity contribution is -0.385. The van der Waals surface area contributed by atoms with Gasteiger partial charge in [0.15, 0.2) is 0 Å². The van der Waals surface area contributed by atoms with Gasteiger partial charge in [0.2, 0.25) is 0 Å². The fourth-order valence-electron chi connectivity index (χ4n) is 1.81. The molecule has 0 aliphatic rings. The summed E-state index contributed by atoms with van der Waals surface area (Å²) in [4.78, 5) is 11.1. The van der Waals surface area contributed by atoms with Gasteiger partial charge in [0.1, 0.15) is 5.82 Å². The van der Waals surface area contributed by atoms with Crippen LogP contribution in [-0.2, 0) is 5.75 Å². The number of nitro benzene ring substituents is 1. The Kier molecular flexibility index (Phi) is 4.24. The van der Waals surface area contributed by atoms with Gasteiger partial charge in [-0.15, -0.1) is 11.8 Å². The molecule has 0 bridgehead atoms. The van der Waals surface area contributed by atoms with Crippen molar-refractivity contribution < 1.29 is 9.31 Å². The van der Waals surface area contributed by atoms with Crippen LogP contribution in [0.5, 0.6) is 0 Å². The molecule has 0 spiro atoms. The maximum atomic E-state index is 13.2. The predicted octanol–water partition coefficient (Wildman–Crippen LogP) is 3.92. The molecule has 0 unspecified atom stereocenters. The molecule has 0 aliphatic heterocycles. The molecule has 20 heavy (non-hydrogen) atoms. The average Bonchev–Trinajstić information content (AvgIpc) is 2.41. The van der Waals surface area contributed by atoms with Crippen LogP contribution in [0.3, 0.4) is 0 Å². The van der Waals surface area contributed by atoms with Gasteiger partial charge in [-0.05, 0) is 30.7 Å². The highest BCUT2D eigenvalue weighted by Gasteiger charge is 2.13. The van der Waals surface area contributed by atoms with Crippen molar-refractivity contribution in [2.24, 2.45) is 0 Å². The summed E-state index contributed by atoms with van der Waals surface area (Å²) in [5.74, 6) is 0.152. The van der Waals surface area contributed by atoms with Gasteiger partial charge in [0, 0.05) is 28.0 Å². The van der Waals surface area contributed by atoms with E-state index in [9.17, 15) is 14.5 Å². The van der Waals surface area contributed by atoms with Crippen molar-refractivity contribution in [3.8, 4) is 0 Å². The molecule has 104 valence electrons. The Morgan fingerprint density at radius 2 is 2.10 bits per heavy atom. The van der Waals surface area contributed by atoms with Crippen LogP contribution < -0.4 is 5.73 Å². The van der Waals surface area contributed by atoms with Gasteiger partial charge in [-0.1, -0.05) is 12.1 Å². The largest absolute Gasteiger partial charge is 0.398 e. The van der Waals surface area contributed by atoms with Gasteiger partial charge < -0.3 is 5.73 Å². The second-order valence-electron chi connectivity index (χ2n) is 4.29. The number of nitro groups is 1. The van der Waals surface area contributed by atoms with Crippen molar-refractivity contribution >= 4 is 23.1 Å². The number of nitrogen functional groups attached to an aromatic ring is 1. The molecule has 6 heteroatoms. The number of anilines is 1. The Morgan fingerprint density at radius 1 is 1.35 bits per heavy atom. The molecular formula is C14H13FN2O2S. The van der Waals surface area contributed by atoms with Crippen LogP contribution in [0.25, 0.3) is 0 Å². The van der Waals surface area contributed by atoms with Crippen molar-refractivity contribution in [3.63, 3.8) is 0 Å². The quantitative estimate of drug-likeness (QED) is 0.401. The van der Waals surface area contributed by atoms with Crippen molar-refractivity contribution in [3.05, 3.63) is 63.5 Å². The number of halogens is 1. The summed E-state index contributed by atoms with van der Waals surface area (Å²) in [7, 11) is 0. The normalized spacial score (nSPS) is 10.5. The van der Waals surface area contributed by atoms with E-state index in [1.54, 1.807) is 13.0 Å². The first-order chi connectivity index (χ1) is 9.49. The van der Waals surface area contributed by atoms with E-state index in [1.165, 1.54) is 36.0 Å². The van der Waals surface area contributed by atoms with Crippen LogP contribution in [0.2, 0.25) is 0 Å². The Balaban J connectivity index is 2.21. The lowest BCUT2D eigenvalue weighted by Gasteiger charge is -2.08. The molecule has 0 saturated heterocycles. The van der Waals surface area contributed by atoms with Gasteiger partial charge >= 0.3 is 0 Å². The molecule has 0 aliphatic carbocycles. The van der Waals surface area contributed by atoms with Crippen LogP contribution in [0, 0.1) is 22.9 Å². The zero-order valence-corrected chi connectivity index (χ0v) is 11.6. The maximum Gasteiger partial charge on any atom is 0.272 e. The summed E-state index contributed by atoms with van der Waals surface area (Å²) >= 11 is 1.36. The zero-order valence-electron chi connectivity index (χ0n) is 10.8. The standard InChI is InChI=1S/C14H13FN2O2S/c1-9-10(3-2-4-13(9)17(18)19)8-20-14-7-11(15)5-6-12(14)16/h2-7H,8,16H2,1H3. The minimum absolute atomic E-state index is 0.0929. The summed E-state index contributed by atoms with van der Waals surface area (Å²) in [6.45, 7) is 1.71. The second-order valence-corrected chi connectivity index (χ2v) is 5.31. The third-order valence-electron chi connectivity index (χ3n) is 2.97. The highest BCUT2D eigenvalue weighted by atomic mass is 32.2. The van der Waals surface area contributed by atoms with Crippen LogP contribution >= 0.6 is 11.8 Å².